The van der Waals surface area contributed by atoms with Gasteiger partial charge in [0, 0.05) is 19.5 Å². The largest absolute Gasteiger partial charge is 0.497 e. The van der Waals surface area contributed by atoms with Crippen LogP contribution in [0.2, 0.25) is 0 Å². The Morgan fingerprint density at radius 1 is 1.22 bits per heavy atom. The molecule has 0 bridgehead atoms. The average molecular weight is 320 g/mol. The minimum Gasteiger partial charge on any atom is -0.497 e. The predicted octanol–water partition coefficient (Wildman–Crippen LogP) is 1.87. The normalized spacial score (nSPS) is 10.6. The lowest BCUT2D eigenvalue weighted by Crippen LogP contribution is -2.24. The van der Waals surface area contributed by atoms with Crippen LogP contribution in [-0.2, 0) is 6.42 Å². The topological polar surface area (TPSA) is 86.6 Å². The molecule has 0 saturated carbocycles. The monoisotopic (exact) mass is 320 g/mol. The van der Waals surface area contributed by atoms with Crippen LogP contribution in [0, 0.1) is 0 Å². The molecule has 126 valence electrons. The van der Waals surface area contributed by atoms with Crippen molar-refractivity contribution in [2.75, 3.05) is 38.8 Å². The summed E-state index contributed by atoms with van der Waals surface area (Å²) in [6.45, 7) is 1.83. The van der Waals surface area contributed by atoms with E-state index in [1.807, 2.05) is 36.2 Å². The molecule has 1 heterocycles. The number of unbranched alkanes of at least 4 members (excludes halogenated alkanes) is 1. The quantitative estimate of drug-likeness (QED) is 0.669. The van der Waals surface area contributed by atoms with E-state index in [0.717, 1.165) is 30.8 Å². The molecule has 0 radical (unpaired) electrons. The molecule has 0 aliphatic carbocycles. The molecule has 0 aliphatic heterocycles. The number of rotatable bonds is 10. The maximum absolute atomic E-state index is 5.70. The molecule has 0 fully saturated rings. The zero-order valence-corrected chi connectivity index (χ0v) is 13.7. The number of methoxy groups -OCH3 is 1. The van der Waals surface area contributed by atoms with E-state index in [1.165, 1.54) is 0 Å². The second-order valence-corrected chi connectivity index (χ2v) is 5.17. The fourth-order valence-electron chi connectivity index (χ4n) is 2.01. The van der Waals surface area contributed by atoms with E-state index >= 15 is 0 Å². The number of hydrogen-bond acceptors (Lipinski definition) is 7. The summed E-state index contributed by atoms with van der Waals surface area (Å²) >= 11 is 0. The molecule has 2 rings (SSSR count). The van der Waals surface area contributed by atoms with E-state index in [9.17, 15) is 0 Å². The first-order valence-electron chi connectivity index (χ1n) is 7.73. The predicted molar refractivity (Wildman–Crippen MR) is 88.0 cm³/mol. The lowest BCUT2D eigenvalue weighted by atomic mass is 10.2. The smallest absolute Gasteiger partial charge is 0.317 e. The Hall–Kier alpha value is -2.28. The van der Waals surface area contributed by atoms with Crippen molar-refractivity contribution < 1.29 is 13.9 Å². The van der Waals surface area contributed by atoms with Gasteiger partial charge in [-0.1, -0.05) is 11.2 Å². The molecule has 2 N–H and O–H groups in total. The third-order valence-corrected chi connectivity index (χ3v) is 3.36. The summed E-state index contributed by atoms with van der Waals surface area (Å²) in [7, 11) is 3.53. The third kappa shape index (κ3) is 5.45. The van der Waals surface area contributed by atoms with Crippen LogP contribution in [0.4, 0.5) is 6.01 Å². The number of anilines is 1. The molecule has 0 aliphatic rings. The zero-order chi connectivity index (χ0) is 16.5. The van der Waals surface area contributed by atoms with Gasteiger partial charge in [0.2, 0.25) is 5.89 Å². The first kappa shape index (κ1) is 17.1. The van der Waals surface area contributed by atoms with Crippen LogP contribution in [0.1, 0.15) is 18.7 Å². The molecular weight excluding hydrogens is 296 g/mol. The van der Waals surface area contributed by atoms with Gasteiger partial charge in [-0.05, 0) is 31.5 Å². The van der Waals surface area contributed by atoms with Crippen LogP contribution in [0.15, 0.2) is 28.7 Å². The molecular formula is C16H24N4O3. The number of likely N-dealkylation sites (N-methyl/N-ethyl adjacent to an activating group) is 1. The maximum Gasteiger partial charge on any atom is 0.317 e. The van der Waals surface area contributed by atoms with Gasteiger partial charge in [0.1, 0.15) is 18.1 Å². The maximum atomic E-state index is 5.70. The van der Waals surface area contributed by atoms with Gasteiger partial charge in [0.15, 0.2) is 0 Å². The summed E-state index contributed by atoms with van der Waals surface area (Å²) in [6, 6.07) is 8.02. The Morgan fingerprint density at radius 3 is 2.83 bits per heavy atom. The van der Waals surface area contributed by atoms with Crippen LogP contribution >= 0.6 is 0 Å². The van der Waals surface area contributed by atoms with Crippen molar-refractivity contribution in [3.63, 3.8) is 0 Å². The highest BCUT2D eigenvalue weighted by Crippen LogP contribution is 2.19. The minimum atomic E-state index is 0.502. The molecule has 7 heteroatoms. The fourth-order valence-corrected chi connectivity index (χ4v) is 2.01. The summed E-state index contributed by atoms with van der Waals surface area (Å²) in [5.41, 5.74) is 5.47. The Morgan fingerprint density at radius 2 is 2.04 bits per heavy atom. The van der Waals surface area contributed by atoms with Gasteiger partial charge >= 0.3 is 6.01 Å². The number of aryl methyl sites for hydroxylation is 1. The highest BCUT2D eigenvalue weighted by atomic mass is 16.5. The molecule has 1 aromatic carbocycles. The van der Waals surface area contributed by atoms with E-state index < -0.39 is 0 Å². The summed E-state index contributed by atoms with van der Waals surface area (Å²) in [4.78, 5) is 1.87. The van der Waals surface area contributed by atoms with Crippen LogP contribution < -0.4 is 20.1 Å². The number of nitrogens with zero attached hydrogens (tertiary/aromatic N) is 3. The first-order valence-corrected chi connectivity index (χ1v) is 7.73. The van der Waals surface area contributed by atoms with Crippen molar-refractivity contribution >= 4 is 6.01 Å². The molecule has 23 heavy (non-hydrogen) atoms. The van der Waals surface area contributed by atoms with Gasteiger partial charge in [-0.3, -0.25) is 0 Å². The number of ether oxygens (including phenoxy) is 2. The van der Waals surface area contributed by atoms with Crippen LogP contribution in [-0.4, -0.2) is 44.1 Å². The standard InChI is InChI=1S/C16H24N4O3/c1-20(16-19-18-15(23-16)8-3-4-9-17)10-11-22-14-7-5-6-13(12-14)21-2/h5-7,12H,3-4,8-11,17H2,1-2H3. The van der Waals surface area contributed by atoms with Crippen LogP contribution in [0.25, 0.3) is 0 Å². The summed E-state index contributed by atoms with van der Waals surface area (Å²) in [6.07, 6.45) is 2.68. The zero-order valence-electron chi connectivity index (χ0n) is 13.7. The summed E-state index contributed by atoms with van der Waals surface area (Å²) in [5, 5.41) is 8.09. The van der Waals surface area contributed by atoms with E-state index in [2.05, 4.69) is 10.2 Å². The van der Waals surface area contributed by atoms with Crippen molar-refractivity contribution in [3.8, 4) is 11.5 Å². The average Bonchev–Trinajstić information content (AvgIpc) is 3.04. The lowest BCUT2D eigenvalue weighted by Gasteiger charge is -2.14. The van der Waals surface area contributed by atoms with Crippen molar-refractivity contribution in [2.45, 2.75) is 19.3 Å². The highest BCUT2D eigenvalue weighted by molar-refractivity contribution is 5.32. The van der Waals surface area contributed by atoms with E-state index in [0.29, 0.717) is 31.6 Å². The summed E-state index contributed by atoms with van der Waals surface area (Å²) in [5.74, 6) is 2.19. The van der Waals surface area contributed by atoms with Crippen LogP contribution in [0.5, 0.6) is 11.5 Å². The molecule has 0 spiro atoms. The molecule has 0 amide bonds. The lowest BCUT2D eigenvalue weighted by molar-refractivity contribution is 0.319. The molecule has 7 nitrogen and oxygen atoms in total. The van der Waals surface area contributed by atoms with Gasteiger partial charge in [-0.2, -0.15) is 0 Å². The Labute approximate surface area is 136 Å². The molecule has 0 unspecified atom stereocenters. The summed E-state index contributed by atoms with van der Waals surface area (Å²) < 4.78 is 16.5. The second kappa shape index (κ2) is 8.99. The van der Waals surface area contributed by atoms with Crippen molar-refractivity contribution in [2.24, 2.45) is 5.73 Å². The Kier molecular flexibility index (Phi) is 6.68. The van der Waals surface area contributed by atoms with Gasteiger partial charge in [-0.25, -0.2) is 0 Å². The van der Waals surface area contributed by atoms with Gasteiger partial charge in [0.05, 0.1) is 13.7 Å². The number of hydrogen-bond donors (Lipinski definition) is 1. The van der Waals surface area contributed by atoms with Crippen molar-refractivity contribution in [1.29, 1.82) is 0 Å². The Balaban J connectivity index is 1.76. The number of benzene rings is 1. The van der Waals surface area contributed by atoms with E-state index in [-0.39, 0.29) is 0 Å². The molecule has 1 aromatic heterocycles. The van der Waals surface area contributed by atoms with Gasteiger partial charge in [0.25, 0.3) is 0 Å². The fraction of sp³-hybridized carbons (Fsp3) is 0.500. The van der Waals surface area contributed by atoms with Crippen molar-refractivity contribution in [3.05, 3.63) is 30.2 Å². The molecule has 0 atom stereocenters. The number of nitrogens with two attached hydrogens (primary N) is 1. The van der Waals surface area contributed by atoms with E-state index in [1.54, 1.807) is 7.11 Å². The SMILES string of the molecule is COc1cccc(OCCN(C)c2nnc(CCCCN)o2)c1. The van der Waals surface area contributed by atoms with Crippen molar-refractivity contribution in [1.82, 2.24) is 10.2 Å². The minimum absolute atomic E-state index is 0.502. The van der Waals surface area contributed by atoms with E-state index in [4.69, 9.17) is 19.6 Å². The third-order valence-electron chi connectivity index (χ3n) is 3.36. The second-order valence-electron chi connectivity index (χ2n) is 5.17. The Bertz CT molecular complexity index is 588. The molecule has 2 aromatic rings. The van der Waals surface area contributed by atoms with Crippen LogP contribution in [0.3, 0.4) is 0 Å². The number of aromatic nitrogens is 2. The van der Waals surface area contributed by atoms with Gasteiger partial charge in [-0.15, -0.1) is 5.10 Å². The molecule has 0 saturated heterocycles. The van der Waals surface area contributed by atoms with Gasteiger partial charge < -0.3 is 24.5 Å². The highest BCUT2D eigenvalue weighted by Gasteiger charge is 2.10. The first-order chi connectivity index (χ1) is 11.2.